The van der Waals surface area contributed by atoms with Gasteiger partial charge in [0.1, 0.15) is 0 Å². The number of sulfonamides is 1. The van der Waals surface area contributed by atoms with Gasteiger partial charge in [-0.25, -0.2) is 17.9 Å². The van der Waals surface area contributed by atoms with Gasteiger partial charge in [0.15, 0.2) is 0 Å². The van der Waals surface area contributed by atoms with Crippen molar-refractivity contribution in [2.45, 2.75) is 17.6 Å². The van der Waals surface area contributed by atoms with Crippen LogP contribution >= 0.6 is 11.6 Å². The molecule has 0 aliphatic heterocycles. The van der Waals surface area contributed by atoms with E-state index in [1.54, 1.807) is 0 Å². The van der Waals surface area contributed by atoms with Crippen LogP contribution in [0.25, 0.3) is 0 Å². The molecule has 0 radical (unpaired) electrons. The molecule has 0 saturated heterocycles. The number of hydrogen-bond donors (Lipinski definition) is 2. The molecule has 0 amide bonds. The molecule has 0 saturated carbocycles. The lowest BCUT2D eigenvalue weighted by Gasteiger charge is -2.12. The number of nitrogens with one attached hydrogen (secondary N) is 1. The number of carboxylic acid groups (broad SMARTS) is 1. The Morgan fingerprint density at radius 2 is 1.72 bits per heavy atom. The Bertz CT molecular complexity index is 896. The maximum absolute atomic E-state index is 12.8. The zero-order chi connectivity index (χ0) is 18.8. The fourth-order valence-corrected chi connectivity index (χ4v) is 3.18. The summed E-state index contributed by atoms with van der Waals surface area (Å²) >= 11 is 5.46. The quantitative estimate of drug-likeness (QED) is 0.814. The van der Waals surface area contributed by atoms with Crippen molar-refractivity contribution in [2.24, 2.45) is 0 Å². The Labute approximate surface area is 146 Å². The molecule has 134 valence electrons. The van der Waals surface area contributed by atoms with Crippen molar-refractivity contribution in [1.82, 2.24) is 4.72 Å². The average molecular weight is 394 g/mol. The zero-order valence-corrected chi connectivity index (χ0v) is 13.9. The molecule has 0 aromatic heterocycles. The van der Waals surface area contributed by atoms with Crippen molar-refractivity contribution in [1.29, 1.82) is 0 Å². The summed E-state index contributed by atoms with van der Waals surface area (Å²) in [5.74, 6) is -1.13. The van der Waals surface area contributed by atoms with Gasteiger partial charge in [0.05, 0.1) is 21.0 Å². The summed E-state index contributed by atoms with van der Waals surface area (Å²) in [7, 11) is -4.21. The third kappa shape index (κ3) is 4.71. The molecule has 2 aromatic rings. The second kappa shape index (κ2) is 7.03. The van der Waals surface area contributed by atoms with Gasteiger partial charge in [-0.15, -0.1) is 0 Å². The second-order valence-electron chi connectivity index (χ2n) is 4.97. The molecule has 5 nitrogen and oxygen atoms in total. The molecule has 0 unspecified atom stereocenters. The molecule has 0 aliphatic rings. The summed E-state index contributed by atoms with van der Waals surface area (Å²) < 4.78 is 64.9. The van der Waals surface area contributed by atoms with Crippen LogP contribution in [0.4, 0.5) is 13.2 Å². The number of hydrogen-bond acceptors (Lipinski definition) is 3. The van der Waals surface area contributed by atoms with Crippen molar-refractivity contribution < 1.29 is 31.5 Å². The van der Waals surface area contributed by atoms with E-state index in [9.17, 15) is 26.4 Å². The number of alkyl halides is 3. The maximum atomic E-state index is 12.8. The van der Waals surface area contributed by atoms with Crippen molar-refractivity contribution >= 4 is 27.6 Å². The first kappa shape index (κ1) is 19.2. The van der Waals surface area contributed by atoms with Crippen LogP contribution in [0.15, 0.2) is 47.4 Å². The highest BCUT2D eigenvalue weighted by Gasteiger charge is 2.34. The first-order valence-electron chi connectivity index (χ1n) is 6.69. The van der Waals surface area contributed by atoms with Crippen LogP contribution < -0.4 is 4.72 Å². The highest BCUT2D eigenvalue weighted by Crippen LogP contribution is 2.35. The van der Waals surface area contributed by atoms with Crippen LogP contribution in [0.2, 0.25) is 5.02 Å². The molecule has 2 N–H and O–H groups in total. The predicted octanol–water partition coefficient (Wildman–Crippen LogP) is 3.54. The minimum Gasteiger partial charge on any atom is -0.478 e. The molecule has 0 fully saturated rings. The van der Waals surface area contributed by atoms with Gasteiger partial charge in [0.2, 0.25) is 10.0 Å². The third-order valence-electron chi connectivity index (χ3n) is 3.22. The molecular weight excluding hydrogens is 383 g/mol. The van der Waals surface area contributed by atoms with Crippen LogP contribution in [0.5, 0.6) is 0 Å². The summed E-state index contributed by atoms with van der Waals surface area (Å²) in [6, 6.07) is 7.65. The van der Waals surface area contributed by atoms with E-state index in [0.29, 0.717) is 11.6 Å². The molecular formula is C15H11ClF3NO4S. The van der Waals surface area contributed by atoms with Gasteiger partial charge in [-0.1, -0.05) is 23.7 Å². The van der Waals surface area contributed by atoms with Gasteiger partial charge >= 0.3 is 12.1 Å². The van der Waals surface area contributed by atoms with E-state index >= 15 is 0 Å². The standard InChI is InChI=1S/C15H11ClF3NO4S/c16-13-6-5-11(7-12(13)15(17,18)19)25(23,24)20-8-9-1-3-10(4-2-9)14(21)22/h1-7,20H,8H2,(H,21,22). The minimum atomic E-state index is -4.78. The number of carbonyl (C=O) groups is 1. The van der Waals surface area contributed by atoms with Crippen LogP contribution in [0.3, 0.4) is 0 Å². The minimum absolute atomic E-state index is 0.0270. The Morgan fingerprint density at radius 1 is 1.12 bits per heavy atom. The molecule has 2 aromatic carbocycles. The first-order valence-corrected chi connectivity index (χ1v) is 8.55. The number of rotatable bonds is 5. The van der Waals surface area contributed by atoms with Crippen molar-refractivity contribution in [3.63, 3.8) is 0 Å². The molecule has 0 bridgehead atoms. The Balaban J connectivity index is 2.20. The maximum Gasteiger partial charge on any atom is 0.417 e. The number of aromatic carboxylic acids is 1. The second-order valence-corrected chi connectivity index (χ2v) is 7.14. The lowest BCUT2D eigenvalue weighted by Crippen LogP contribution is -2.23. The van der Waals surface area contributed by atoms with Crippen molar-refractivity contribution in [3.05, 3.63) is 64.2 Å². The highest BCUT2D eigenvalue weighted by molar-refractivity contribution is 7.89. The number of benzene rings is 2. The first-order chi connectivity index (χ1) is 11.5. The van der Waals surface area contributed by atoms with E-state index in [1.165, 1.54) is 24.3 Å². The summed E-state index contributed by atoms with van der Waals surface area (Å²) in [6.07, 6.45) is -4.78. The fraction of sp³-hybridized carbons (Fsp3) is 0.133. The van der Waals surface area contributed by atoms with E-state index in [-0.39, 0.29) is 12.1 Å². The van der Waals surface area contributed by atoms with Crippen molar-refractivity contribution in [3.8, 4) is 0 Å². The molecule has 0 heterocycles. The normalized spacial score (nSPS) is 12.2. The van der Waals surface area contributed by atoms with Crippen molar-refractivity contribution in [2.75, 3.05) is 0 Å². The molecule has 0 aliphatic carbocycles. The van der Waals surface area contributed by atoms with Gasteiger partial charge < -0.3 is 5.11 Å². The van der Waals surface area contributed by atoms with Gasteiger partial charge in [-0.2, -0.15) is 13.2 Å². The SMILES string of the molecule is O=C(O)c1ccc(CNS(=O)(=O)c2ccc(Cl)c(C(F)(F)F)c2)cc1. The van der Waals surface area contributed by atoms with Crippen LogP contribution in [-0.2, 0) is 22.7 Å². The van der Waals surface area contributed by atoms with Gasteiger partial charge in [0.25, 0.3) is 0 Å². The van der Waals surface area contributed by atoms with Gasteiger partial charge in [0, 0.05) is 6.54 Å². The van der Waals surface area contributed by atoms with Gasteiger partial charge in [-0.3, -0.25) is 0 Å². The Hall–Kier alpha value is -2.10. The van der Waals surface area contributed by atoms with E-state index in [4.69, 9.17) is 16.7 Å². The molecule has 10 heteroatoms. The Kier molecular flexibility index (Phi) is 5.40. The predicted molar refractivity (Wildman–Crippen MR) is 83.9 cm³/mol. The summed E-state index contributed by atoms with van der Waals surface area (Å²) in [5.41, 5.74) is -0.777. The van der Waals surface area contributed by atoms with Crippen LogP contribution in [-0.4, -0.2) is 19.5 Å². The van der Waals surface area contributed by atoms with E-state index in [1.807, 2.05) is 0 Å². The van der Waals surface area contributed by atoms with Gasteiger partial charge in [-0.05, 0) is 35.9 Å². The smallest absolute Gasteiger partial charge is 0.417 e. The van der Waals surface area contributed by atoms with E-state index < -0.39 is 37.7 Å². The van der Waals surface area contributed by atoms with Crippen LogP contribution in [0, 0.1) is 0 Å². The zero-order valence-electron chi connectivity index (χ0n) is 12.3. The largest absolute Gasteiger partial charge is 0.478 e. The average Bonchev–Trinajstić information content (AvgIpc) is 2.52. The van der Waals surface area contributed by atoms with E-state index in [2.05, 4.69) is 4.72 Å². The topological polar surface area (TPSA) is 83.5 Å². The lowest BCUT2D eigenvalue weighted by atomic mass is 10.1. The Morgan fingerprint density at radius 3 is 2.24 bits per heavy atom. The monoisotopic (exact) mass is 393 g/mol. The number of halogens is 4. The third-order valence-corrected chi connectivity index (χ3v) is 4.95. The lowest BCUT2D eigenvalue weighted by molar-refractivity contribution is -0.137. The summed E-state index contributed by atoms with van der Waals surface area (Å²) in [5, 5.41) is 8.18. The molecule has 2 rings (SSSR count). The summed E-state index contributed by atoms with van der Waals surface area (Å²) in [6.45, 7) is -0.216. The van der Waals surface area contributed by atoms with E-state index in [0.717, 1.165) is 12.1 Å². The summed E-state index contributed by atoms with van der Waals surface area (Å²) in [4.78, 5) is 10.2. The van der Waals surface area contributed by atoms with Crippen LogP contribution in [0.1, 0.15) is 21.5 Å². The molecule has 25 heavy (non-hydrogen) atoms. The molecule has 0 spiro atoms. The fourth-order valence-electron chi connectivity index (χ4n) is 1.92. The highest BCUT2D eigenvalue weighted by atomic mass is 35.5. The molecule has 0 atom stereocenters. The number of carboxylic acids is 1.